The Balaban J connectivity index is 2.44. The summed E-state index contributed by atoms with van der Waals surface area (Å²) in [6.45, 7) is 6.54. The highest BCUT2D eigenvalue weighted by Crippen LogP contribution is 2.51. The molecule has 8 heteroatoms. The largest absolute Gasteiger partial charge is 0.469 e. The van der Waals surface area contributed by atoms with E-state index in [2.05, 4.69) is 0 Å². The molecule has 1 aromatic carbocycles. The Bertz CT molecular complexity index is 912. The van der Waals surface area contributed by atoms with Crippen LogP contribution in [0.2, 0.25) is 0 Å². The molecule has 0 bridgehead atoms. The quantitative estimate of drug-likeness (QED) is 0.407. The highest BCUT2D eigenvalue weighted by Gasteiger charge is 2.60. The van der Waals surface area contributed by atoms with Gasteiger partial charge in [0, 0.05) is 6.42 Å². The predicted octanol–water partition coefficient (Wildman–Crippen LogP) is 3.25. The molecule has 0 spiro atoms. The number of carbonyl (C=O) groups excluding carboxylic acids is 4. The maximum absolute atomic E-state index is 13.0. The minimum atomic E-state index is -1.45. The van der Waals surface area contributed by atoms with E-state index in [0.717, 1.165) is 5.56 Å². The molecule has 1 heterocycles. The molecule has 0 amide bonds. The van der Waals surface area contributed by atoms with Gasteiger partial charge in [0.05, 0.1) is 37.6 Å². The van der Waals surface area contributed by atoms with E-state index in [1.165, 1.54) is 28.3 Å². The van der Waals surface area contributed by atoms with Crippen molar-refractivity contribution in [1.82, 2.24) is 0 Å². The smallest absolute Gasteiger partial charge is 0.350 e. The topological polar surface area (TPSA) is 105 Å². The first-order valence-electron chi connectivity index (χ1n) is 10.8. The van der Waals surface area contributed by atoms with Crippen LogP contribution in [0, 0.1) is 16.2 Å². The number of cyclic esters (lactones) is 1. The van der Waals surface area contributed by atoms with E-state index in [1.54, 1.807) is 20.8 Å². The minimum absolute atomic E-state index is 0.0134. The molecule has 0 N–H and O–H groups in total. The average molecular weight is 463 g/mol. The zero-order valence-corrected chi connectivity index (χ0v) is 20.5. The van der Waals surface area contributed by atoms with Gasteiger partial charge in [0.1, 0.15) is 0 Å². The number of esters is 4. The molecular formula is C25H34O8. The Labute approximate surface area is 194 Å². The molecule has 0 aliphatic carbocycles. The second-order valence-corrected chi connectivity index (χ2v) is 9.97. The second kappa shape index (κ2) is 9.53. The first kappa shape index (κ1) is 26.4. The van der Waals surface area contributed by atoms with Crippen molar-refractivity contribution in [2.75, 3.05) is 21.3 Å². The fourth-order valence-corrected chi connectivity index (χ4v) is 5.32. The molecular weight excluding hydrogens is 428 g/mol. The molecule has 0 aromatic heterocycles. The van der Waals surface area contributed by atoms with Crippen LogP contribution < -0.4 is 0 Å². The Kier molecular flexibility index (Phi) is 7.61. The van der Waals surface area contributed by atoms with E-state index in [1.807, 2.05) is 30.3 Å². The third-order valence-electron chi connectivity index (χ3n) is 6.51. The van der Waals surface area contributed by atoms with Crippen LogP contribution >= 0.6 is 0 Å². The van der Waals surface area contributed by atoms with E-state index >= 15 is 0 Å². The van der Waals surface area contributed by atoms with Gasteiger partial charge in [-0.2, -0.15) is 0 Å². The molecule has 2 rings (SSSR count). The van der Waals surface area contributed by atoms with Crippen LogP contribution in [-0.2, 0) is 44.5 Å². The summed E-state index contributed by atoms with van der Waals surface area (Å²) in [7, 11) is 3.79. The Morgan fingerprint density at radius 1 is 0.939 bits per heavy atom. The predicted molar refractivity (Wildman–Crippen MR) is 119 cm³/mol. The highest BCUT2D eigenvalue weighted by atomic mass is 16.6. The van der Waals surface area contributed by atoms with E-state index in [4.69, 9.17) is 18.9 Å². The van der Waals surface area contributed by atoms with Gasteiger partial charge in [0.2, 0.25) is 5.60 Å². The van der Waals surface area contributed by atoms with Crippen LogP contribution in [0.15, 0.2) is 30.3 Å². The Morgan fingerprint density at radius 3 is 2.00 bits per heavy atom. The van der Waals surface area contributed by atoms with Crippen molar-refractivity contribution in [2.24, 2.45) is 16.2 Å². The molecule has 33 heavy (non-hydrogen) atoms. The van der Waals surface area contributed by atoms with Gasteiger partial charge < -0.3 is 18.9 Å². The first-order chi connectivity index (χ1) is 15.3. The van der Waals surface area contributed by atoms with Gasteiger partial charge >= 0.3 is 23.9 Å². The summed E-state index contributed by atoms with van der Waals surface area (Å²) < 4.78 is 20.4. The Morgan fingerprint density at radius 2 is 1.48 bits per heavy atom. The van der Waals surface area contributed by atoms with Crippen molar-refractivity contribution in [1.29, 1.82) is 0 Å². The lowest BCUT2D eigenvalue weighted by Gasteiger charge is -2.39. The lowest BCUT2D eigenvalue weighted by atomic mass is 9.63. The van der Waals surface area contributed by atoms with Crippen LogP contribution in [0.25, 0.3) is 0 Å². The first-order valence-corrected chi connectivity index (χ1v) is 10.8. The van der Waals surface area contributed by atoms with Gasteiger partial charge in [-0.25, -0.2) is 4.79 Å². The van der Waals surface area contributed by atoms with Crippen molar-refractivity contribution >= 4 is 23.9 Å². The van der Waals surface area contributed by atoms with Gasteiger partial charge in [-0.15, -0.1) is 0 Å². The summed E-state index contributed by atoms with van der Waals surface area (Å²) in [5.41, 5.74) is -4.05. The molecule has 0 saturated carbocycles. The van der Waals surface area contributed by atoms with Crippen molar-refractivity contribution < 1.29 is 38.1 Å². The Hall–Kier alpha value is -2.90. The van der Waals surface area contributed by atoms with Crippen LogP contribution in [-0.4, -0.2) is 50.8 Å². The lowest BCUT2D eigenvalue weighted by molar-refractivity contribution is -0.171. The molecule has 1 saturated heterocycles. The number of methoxy groups -OCH3 is 3. The van der Waals surface area contributed by atoms with Gasteiger partial charge in [-0.1, -0.05) is 30.3 Å². The standard InChI is InChI=1S/C25H34O8/c1-22(18(26)30-5,13-17-11-9-8-10-12-17)14-23(2,19(27)31-6)15-24(3)16-25(4,21(29)32-7)33-20(24)28/h8-12H,13-16H2,1-7H3/t22-,23-,24-,25+/m1/s1. The molecule has 182 valence electrons. The lowest BCUT2D eigenvalue weighted by Crippen LogP contribution is -2.44. The van der Waals surface area contributed by atoms with E-state index in [-0.39, 0.29) is 19.3 Å². The molecule has 1 aromatic rings. The van der Waals surface area contributed by atoms with E-state index in [0.29, 0.717) is 6.42 Å². The van der Waals surface area contributed by atoms with Crippen molar-refractivity contribution in [3.05, 3.63) is 35.9 Å². The minimum Gasteiger partial charge on any atom is -0.469 e. The van der Waals surface area contributed by atoms with Crippen LogP contribution in [0.4, 0.5) is 0 Å². The normalized spacial score (nSPS) is 25.8. The fourth-order valence-electron chi connectivity index (χ4n) is 5.32. The van der Waals surface area contributed by atoms with Crippen molar-refractivity contribution in [2.45, 2.75) is 59.0 Å². The summed E-state index contributed by atoms with van der Waals surface area (Å²) in [6.07, 6.45) is 0.436. The van der Waals surface area contributed by atoms with Crippen molar-refractivity contribution in [3.8, 4) is 0 Å². The van der Waals surface area contributed by atoms with E-state index in [9.17, 15) is 19.2 Å². The number of ether oxygens (including phenoxy) is 4. The van der Waals surface area contributed by atoms with Gasteiger partial charge in [-0.05, 0) is 52.5 Å². The maximum atomic E-state index is 13.0. The summed E-state index contributed by atoms with van der Waals surface area (Å²) in [4.78, 5) is 51.1. The third kappa shape index (κ3) is 5.37. The van der Waals surface area contributed by atoms with Gasteiger partial charge in [-0.3, -0.25) is 14.4 Å². The molecule has 0 radical (unpaired) electrons. The zero-order valence-electron chi connectivity index (χ0n) is 20.5. The average Bonchev–Trinajstić information content (AvgIpc) is 3.00. The zero-order chi connectivity index (χ0) is 25.1. The fraction of sp³-hybridized carbons (Fsp3) is 0.600. The number of rotatable bonds is 9. The monoisotopic (exact) mass is 462 g/mol. The molecule has 1 aliphatic rings. The molecule has 1 aliphatic heterocycles. The van der Waals surface area contributed by atoms with Crippen LogP contribution in [0.3, 0.4) is 0 Å². The highest BCUT2D eigenvalue weighted by molar-refractivity contribution is 5.90. The van der Waals surface area contributed by atoms with Gasteiger partial charge in [0.25, 0.3) is 0 Å². The molecule has 1 fully saturated rings. The number of hydrogen-bond donors (Lipinski definition) is 0. The number of hydrogen-bond acceptors (Lipinski definition) is 8. The SMILES string of the molecule is COC(=O)[C@](C)(Cc1ccccc1)C[C@](C)(C[C@]1(C)C[C@@](C)(C(=O)OC)OC1=O)C(=O)OC. The number of benzene rings is 1. The third-order valence-corrected chi connectivity index (χ3v) is 6.51. The summed E-state index contributed by atoms with van der Waals surface area (Å²) in [5, 5.41) is 0. The summed E-state index contributed by atoms with van der Waals surface area (Å²) in [6, 6.07) is 9.41. The summed E-state index contributed by atoms with van der Waals surface area (Å²) >= 11 is 0. The van der Waals surface area contributed by atoms with Crippen LogP contribution in [0.5, 0.6) is 0 Å². The number of carbonyl (C=O) groups is 4. The second-order valence-electron chi connectivity index (χ2n) is 9.97. The van der Waals surface area contributed by atoms with Gasteiger partial charge in [0.15, 0.2) is 0 Å². The van der Waals surface area contributed by atoms with Crippen molar-refractivity contribution in [3.63, 3.8) is 0 Å². The van der Waals surface area contributed by atoms with Crippen LogP contribution in [0.1, 0.15) is 52.5 Å². The molecule has 8 nitrogen and oxygen atoms in total. The maximum Gasteiger partial charge on any atom is 0.350 e. The molecule has 0 unspecified atom stereocenters. The van der Waals surface area contributed by atoms with E-state index < -0.39 is 45.7 Å². The molecule has 4 atom stereocenters. The summed E-state index contributed by atoms with van der Waals surface area (Å²) in [5.74, 6) is -2.30.